The molecule has 0 saturated heterocycles. The number of carbonyl (C=O) groups is 3. The Morgan fingerprint density at radius 3 is 1.75 bits per heavy atom. The van der Waals surface area contributed by atoms with E-state index in [0.717, 1.165) is 0 Å². The Hall–Kier alpha value is -1.43. The molecule has 6 nitrogen and oxygen atoms in total. The zero-order chi connectivity index (χ0) is 9.78. The zero-order valence-corrected chi connectivity index (χ0v) is 6.19. The van der Waals surface area contributed by atoms with E-state index in [1.165, 1.54) is 0 Å². The summed E-state index contributed by atoms with van der Waals surface area (Å²) in [6.07, 6.45) is -1.21. The third-order valence-corrected chi connectivity index (χ3v) is 1.20. The average molecular weight is 175 g/mol. The van der Waals surface area contributed by atoms with E-state index in [0.29, 0.717) is 0 Å². The molecular formula is C6H9NO5. The van der Waals surface area contributed by atoms with Crippen molar-refractivity contribution >= 4 is 18.2 Å². The molecule has 0 aliphatic rings. The van der Waals surface area contributed by atoms with Crippen molar-refractivity contribution in [2.45, 2.75) is 18.4 Å². The van der Waals surface area contributed by atoms with E-state index in [-0.39, 0.29) is 6.29 Å². The van der Waals surface area contributed by atoms with Gasteiger partial charge in [0.1, 0.15) is 6.29 Å². The first kappa shape index (κ1) is 10.6. The van der Waals surface area contributed by atoms with Gasteiger partial charge in [-0.15, -0.1) is 0 Å². The fourth-order valence-electron chi connectivity index (χ4n) is 0.709. The number of carbonyl (C=O) groups excluding carboxylic acids is 1. The first-order chi connectivity index (χ1) is 5.39. The van der Waals surface area contributed by atoms with Gasteiger partial charge < -0.3 is 20.7 Å². The molecule has 4 N–H and O–H groups in total. The van der Waals surface area contributed by atoms with E-state index in [1.807, 2.05) is 0 Å². The normalized spacial score (nSPS) is 10.8. The molecule has 0 spiro atoms. The molecule has 0 aromatic heterocycles. The van der Waals surface area contributed by atoms with Crippen LogP contribution in [0.4, 0.5) is 0 Å². The predicted octanol–water partition coefficient (Wildman–Crippen LogP) is -1.17. The summed E-state index contributed by atoms with van der Waals surface area (Å²) in [7, 11) is 0. The molecule has 0 saturated carbocycles. The molecule has 6 heteroatoms. The van der Waals surface area contributed by atoms with Crippen LogP contribution >= 0.6 is 0 Å². The predicted molar refractivity (Wildman–Crippen MR) is 37.5 cm³/mol. The summed E-state index contributed by atoms with van der Waals surface area (Å²) in [6, 6.07) is 0. The van der Waals surface area contributed by atoms with Crippen LogP contribution in [0.15, 0.2) is 0 Å². The number of nitrogens with two attached hydrogens (primary N) is 1. The van der Waals surface area contributed by atoms with E-state index in [4.69, 9.17) is 15.9 Å². The Kier molecular flexibility index (Phi) is 3.36. The number of carboxylic acids is 2. The highest BCUT2D eigenvalue weighted by atomic mass is 16.4. The van der Waals surface area contributed by atoms with Gasteiger partial charge in [-0.3, -0.25) is 9.59 Å². The molecule has 0 aromatic carbocycles. The molecule has 0 bridgehead atoms. The summed E-state index contributed by atoms with van der Waals surface area (Å²) < 4.78 is 0. The van der Waals surface area contributed by atoms with Gasteiger partial charge in [-0.1, -0.05) is 0 Å². The van der Waals surface area contributed by atoms with Crippen molar-refractivity contribution in [3.63, 3.8) is 0 Å². The number of hydrogen-bond acceptors (Lipinski definition) is 4. The quantitative estimate of drug-likeness (QED) is 0.453. The molecule has 12 heavy (non-hydrogen) atoms. The summed E-state index contributed by atoms with van der Waals surface area (Å²) in [4.78, 5) is 30.5. The van der Waals surface area contributed by atoms with E-state index in [2.05, 4.69) is 0 Å². The highest BCUT2D eigenvalue weighted by molar-refractivity contribution is 5.82. The molecule has 0 aliphatic carbocycles. The maximum atomic E-state index is 10.2. The number of aldehydes is 1. The second-order valence-corrected chi connectivity index (χ2v) is 2.49. The minimum absolute atomic E-state index is 0.148. The van der Waals surface area contributed by atoms with Crippen molar-refractivity contribution in [3.8, 4) is 0 Å². The van der Waals surface area contributed by atoms with E-state index in [9.17, 15) is 14.4 Å². The van der Waals surface area contributed by atoms with Crippen molar-refractivity contribution in [1.29, 1.82) is 0 Å². The van der Waals surface area contributed by atoms with Crippen LogP contribution in [-0.2, 0) is 14.4 Å². The smallest absolute Gasteiger partial charge is 0.305 e. The van der Waals surface area contributed by atoms with Crippen LogP contribution < -0.4 is 5.73 Å². The lowest BCUT2D eigenvalue weighted by molar-refractivity contribution is -0.143. The van der Waals surface area contributed by atoms with Crippen LogP contribution in [-0.4, -0.2) is 34.0 Å². The number of carboxylic acid groups (broad SMARTS) is 2. The van der Waals surface area contributed by atoms with Crippen molar-refractivity contribution in [2.75, 3.05) is 0 Å². The molecule has 0 aromatic rings. The first-order valence-corrected chi connectivity index (χ1v) is 3.08. The van der Waals surface area contributed by atoms with E-state index in [1.54, 1.807) is 0 Å². The van der Waals surface area contributed by atoms with Gasteiger partial charge in [0.2, 0.25) is 0 Å². The molecule has 0 aliphatic heterocycles. The number of aliphatic carboxylic acids is 2. The first-order valence-electron chi connectivity index (χ1n) is 3.08. The zero-order valence-electron chi connectivity index (χ0n) is 6.19. The average Bonchev–Trinajstić information content (AvgIpc) is 1.83. The van der Waals surface area contributed by atoms with E-state index < -0.39 is 30.3 Å². The lowest BCUT2D eigenvalue weighted by Crippen LogP contribution is -2.45. The van der Waals surface area contributed by atoms with Crippen molar-refractivity contribution < 1.29 is 24.6 Å². The Morgan fingerprint density at radius 1 is 1.25 bits per heavy atom. The highest BCUT2D eigenvalue weighted by Gasteiger charge is 2.30. The molecule has 0 rings (SSSR count). The Balaban J connectivity index is 4.33. The summed E-state index contributed by atoms with van der Waals surface area (Å²) in [5, 5.41) is 16.5. The van der Waals surface area contributed by atoms with Gasteiger partial charge in [0.25, 0.3) is 0 Å². The van der Waals surface area contributed by atoms with Crippen molar-refractivity contribution in [2.24, 2.45) is 5.73 Å². The summed E-state index contributed by atoms with van der Waals surface area (Å²) in [6.45, 7) is 0. The highest BCUT2D eigenvalue weighted by Crippen LogP contribution is 2.08. The maximum absolute atomic E-state index is 10.2. The second kappa shape index (κ2) is 3.82. The minimum Gasteiger partial charge on any atom is -0.481 e. The summed E-state index contributed by atoms with van der Waals surface area (Å²) in [5.41, 5.74) is 3.38. The molecule has 68 valence electrons. The summed E-state index contributed by atoms with van der Waals surface area (Å²) in [5.74, 6) is -2.60. The lowest BCUT2D eigenvalue weighted by atomic mass is 9.94. The standard InChI is InChI=1S/C6H9NO5/c7-6(3-8,1-4(9)10)2-5(11)12/h3H,1-2,7H2,(H,9,10)(H,11,12). The Morgan fingerprint density at radius 2 is 1.58 bits per heavy atom. The monoisotopic (exact) mass is 175 g/mol. The maximum Gasteiger partial charge on any atom is 0.305 e. The van der Waals surface area contributed by atoms with Crippen molar-refractivity contribution in [3.05, 3.63) is 0 Å². The van der Waals surface area contributed by atoms with Gasteiger partial charge in [0, 0.05) is 0 Å². The minimum atomic E-state index is -1.79. The number of rotatable bonds is 5. The van der Waals surface area contributed by atoms with Crippen LogP contribution in [0.2, 0.25) is 0 Å². The molecule has 0 atom stereocenters. The fraction of sp³-hybridized carbons (Fsp3) is 0.500. The molecule has 0 heterocycles. The molecule has 0 unspecified atom stereocenters. The SMILES string of the molecule is NC(C=O)(CC(=O)O)CC(=O)O. The molecule has 0 fully saturated rings. The van der Waals surface area contributed by atoms with E-state index >= 15 is 0 Å². The third kappa shape index (κ3) is 3.67. The van der Waals surface area contributed by atoms with Crippen LogP contribution in [0.25, 0.3) is 0 Å². The summed E-state index contributed by atoms with van der Waals surface area (Å²) >= 11 is 0. The number of hydrogen-bond donors (Lipinski definition) is 3. The molecular weight excluding hydrogens is 166 g/mol. The van der Waals surface area contributed by atoms with Gasteiger partial charge in [-0.05, 0) is 0 Å². The second-order valence-electron chi connectivity index (χ2n) is 2.49. The van der Waals surface area contributed by atoms with Crippen LogP contribution in [0, 0.1) is 0 Å². The van der Waals surface area contributed by atoms with Gasteiger partial charge in [-0.2, -0.15) is 0 Å². The Bertz CT molecular complexity index is 196. The van der Waals surface area contributed by atoms with Gasteiger partial charge in [-0.25, -0.2) is 0 Å². The lowest BCUT2D eigenvalue weighted by Gasteiger charge is -2.17. The Labute approximate surface area is 68.0 Å². The van der Waals surface area contributed by atoms with Gasteiger partial charge in [0.15, 0.2) is 0 Å². The topological polar surface area (TPSA) is 118 Å². The van der Waals surface area contributed by atoms with Crippen molar-refractivity contribution in [1.82, 2.24) is 0 Å². The fourth-order valence-corrected chi connectivity index (χ4v) is 0.709. The van der Waals surface area contributed by atoms with Crippen LogP contribution in [0.1, 0.15) is 12.8 Å². The largest absolute Gasteiger partial charge is 0.481 e. The molecule has 0 radical (unpaired) electrons. The van der Waals surface area contributed by atoms with Crippen LogP contribution in [0.3, 0.4) is 0 Å². The van der Waals surface area contributed by atoms with Gasteiger partial charge >= 0.3 is 11.9 Å². The van der Waals surface area contributed by atoms with Gasteiger partial charge in [0.05, 0.1) is 18.4 Å². The molecule has 0 amide bonds. The van der Waals surface area contributed by atoms with Crippen LogP contribution in [0.5, 0.6) is 0 Å². The third-order valence-electron chi connectivity index (χ3n) is 1.20.